The van der Waals surface area contributed by atoms with Crippen molar-refractivity contribution in [1.29, 1.82) is 0 Å². The van der Waals surface area contributed by atoms with Gasteiger partial charge in [-0.05, 0) is 23.8 Å². The van der Waals surface area contributed by atoms with E-state index in [1.807, 2.05) is 18.2 Å². The molecule has 0 aromatic heterocycles. The van der Waals surface area contributed by atoms with E-state index in [9.17, 15) is 9.59 Å². The highest BCUT2D eigenvalue weighted by Gasteiger charge is 2.21. The van der Waals surface area contributed by atoms with Crippen LogP contribution in [0.2, 0.25) is 0 Å². The summed E-state index contributed by atoms with van der Waals surface area (Å²) in [5, 5.41) is 5.61. The lowest BCUT2D eigenvalue weighted by atomic mass is 10.1. The summed E-state index contributed by atoms with van der Waals surface area (Å²) in [6.07, 6.45) is -0.0371. The number of anilines is 1. The number of carbonyl (C=O) groups excluding carboxylic acids is 2. The number of nitrogens with zero attached hydrogens (tertiary/aromatic N) is 1. The molecular weight excluding hydrogens is 342 g/mol. The fraction of sp³-hybridized carbons (Fsp3) is 0.333. The summed E-state index contributed by atoms with van der Waals surface area (Å²) < 4.78 is 5.80. The van der Waals surface area contributed by atoms with E-state index in [1.165, 1.54) is 12.5 Å². The first-order chi connectivity index (χ1) is 13.1. The molecule has 2 N–H and O–H groups in total. The standard InChI is InChI=1S/C21H25N3O3/c1-16(25)23-19-9-5-8-18(12-19)21(26)22-13-20-15-24(10-11-27-20)14-17-6-3-2-4-7-17/h2-9,12,20H,10-11,13-15H2,1H3,(H,22,26)(H,23,25). The van der Waals surface area contributed by atoms with Gasteiger partial charge in [0.25, 0.3) is 5.91 Å². The van der Waals surface area contributed by atoms with Gasteiger partial charge in [-0.25, -0.2) is 0 Å². The monoisotopic (exact) mass is 367 g/mol. The number of benzene rings is 2. The summed E-state index contributed by atoms with van der Waals surface area (Å²) in [5.41, 5.74) is 2.40. The molecule has 3 rings (SSSR count). The van der Waals surface area contributed by atoms with Crippen molar-refractivity contribution in [3.63, 3.8) is 0 Å². The topological polar surface area (TPSA) is 70.7 Å². The number of hydrogen-bond acceptors (Lipinski definition) is 4. The molecule has 0 radical (unpaired) electrons. The van der Waals surface area contributed by atoms with Gasteiger partial charge >= 0.3 is 0 Å². The van der Waals surface area contributed by atoms with Crippen molar-refractivity contribution in [2.24, 2.45) is 0 Å². The predicted molar refractivity (Wildman–Crippen MR) is 105 cm³/mol. The first-order valence-electron chi connectivity index (χ1n) is 9.14. The van der Waals surface area contributed by atoms with Crippen LogP contribution in [0.25, 0.3) is 0 Å². The van der Waals surface area contributed by atoms with Gasteiger partial charge in [-0.3, -0.25) is 14.5 Å². The number of amides is 2. The highest BCUT2D eigenvalue weighted by atomic mass is 16.5. The molecule has 1 heterocycles. The summed E-state index contributed by atoms with van der Waals surface area (Å²) in [6.45, 7) is 5.10. The van der Waals surface area contributed by atoms with Gasteiger partial charge in [0.2, 0.25) is 5.91 Å². The number of ether oxygens (including phenoxy) is 1. The average molecular weight is 367 g/mol. The second-order valence-corrected chi connectivity index (χ2v) is 6.69. The summed E-state index contributed by atoms with van der Waals surface area (Å²) in [6, 6.07) is 17.2. The van der Waals surface area contributed by atoms with E-state index in [0.29, 0.717) is 24.4 Å². The van der Waals surface area contributed by atoms with Gasteiger partial charge in [-0.1, -0.05) is 36.4 Å². The Hall–Kier alpha value is -2.70. The third-order valence-electron chi connectivity index (χ3n) is 4.41. The summed E-state index contributed by atoms with van der Waals surface area (Å²) in [5.74, 6) is -0.340. The van der Waals surface area contributed by atoms with E-state index < -0.39 is 0 Å². The van der Waals surface area contributed by atoms with Gasteiger partial charge in [0.15, 0.2) is 0 Å². The van der Waals surface area contributed by atoms with Crippen molar-refractivity contribution in [2.75, 3.05) is 31.6 Å². The maximum absolute atomic E-state index is 12.4. The predicted octanol–water partition coefficient (Wildman–Crippen LogP) is 2.28. The maximum atomic E-state index is 12.4. The molecule has 1 fully saturated rings. The van der Waals surface area contributed by atoms with Crippen molar-refractivity contribution < 1.29 is 14.3 Å². The molecule has 1 atom stereocenters. The fourth-order valence-corrected chi connectivity index (χ4v) is 3.14. The van der Waals surface area contributed by atoms with Gasteiger partial charge in [0.05, 0.1) is 12.7 Å². The average Bonchev–Trinajstić information content (AvgIpc) is 2.67. The smallest absolute Gasteiger partial charge is 0.251 e. The van der Waals surface area contributed by atoms with Gasteiger partial charge in [0, 0.05) is 44.4 Å². The number of nitrogens with one attached hydrogen (secondary N) is 2. The van der Waals surface area contributed by atoms with Crippen molar-refractivity contribution in [1.82, 2.24) is 10.2 Å². The molecule has 142 valence electrons. The second-order valence-electron chi connectivity index (χ2n) is 6.69. The normalized spacial score (nSPS) is 17.3. The van der Waals surface area contributed by atoms with Crippen LogP contribution in [0.1, 0.15) is 22.8 Å². The Morgan fingerprint density at radius 1 is 1.15 bits per heavy atom. The van der Waals surface area contributed by atoms with Crippen LogP contribution in [0, 0.1) is 0 Å². The van der Waals surface area contributed by atoms with E-state index >= 15 is 0 Å². The van der Waals surface area contributed by atoms with E-state index in [0.717, 1.165) is 19.6 Å². The minimum Gasteiger partial charge on any atom is -0.374 e. The molecule has 1 saturated heterocycles. The molecule has 6 heteroatoms. The van der Waals surface area contributed by atoms with Gasteiger partial charge in [0.1, 0.15) is 0 Å². The van der Waals surface area contributed by atoms with E-state index in [4.69, 9.17) is 4.74 Å². The Kier molecular flexibility index (Phi) is 6.57. The third kappa shape index (κ3) is 5.91. The fourth-order valence-electron chi connectivity index (χ4n) is 3.14. The number of carbonyl (C=O) groups is 2. The lowest BCUT2D eigenvalue weighted by Gasteiger charge is -2.33. The molecule has 1 unspecified atom stereocenters. The van der Waals surface area contributed by atoms with Crippen molar-refractivity contribution in [2.45, 2.75) is 19.6 Å². The summed E-state index contributed by atoms with van der Waals surface area (Å²) in [7, 11) is 0. The quantitative estimate of drug-likeness (QED) is 0.822. The van der Waals surface area contributed by atoms with Crippen LogP contribution in [-0.4, -0.2) is 49.1 Å². The Morgan fingerprint density at radius 2 is 1.96 bits per heavy atom. The summed E-state index contributed by atoms with van der Waals surface area (Å²) >= 11 is 0. The zero-order chi connectivity index (χ0) is 19.1. The van der Waals surface area contributed by atoms with Crippen molar-refractivity contribution in [3.8, 4) is 0 Å². The zero-order valence-corrected chi connectivity index (χ0v) is 15.5. The molecule has 0 aliphatic carbocycles. The van der Waals surface area contributed by atoms with Crippen LogP contribution in [0.4, 0.5) is 5.69 Å². The zero-order valence-electron chi connectivity index (χ0n) is 15.5. The van der Waals surface area contributed by atoms with Crippen LogP contribution in [0.15, 0.2) is 54.6 Å². The van der Waals surface area contributed by atoms with Gasteiger partial charge < -0.3 is 15.4 Å². The number of morpholine rings is 1. The first kappa shape index (κ1) is 19.1. The Bertz CT molecular complexity index is 779. The minimum atomic E-state index is -0.175. The Balaban J connectivity index is 1.50. The molecule has 2 aromatic rings. The van der Waals surface area contributed by atoms with E-state index in [1.54, 1.807) is 24.3 Å². The maximum Gasteiger partial charge on any atom is 0.251 e. The molecule has 1 aliphatic rings. The van der Waals surface area contributed by atoms with Crippen molar-refractivity contribution >= 4 is 17.5 Å². The Morgan fingerprint density at radius 3 is 2.74 bits per heavy atom. The highest BCUT2D eigenvalue weighted by Crippen LogP contribution is 2.12. The molecule has 0 saturated carbocycles. The SMILES string of the molecule is CC(=O)Nc1cccc(C(=O)NCC2CN(Cc3ccccc3)CCO2)c1. The number of hydrogen-bond donors (Lipinski definition) is 2. The van der Waals surface area contributed by atoms with Crippen LogP contribution in [0.5, 0.6) is 0 Å². The van der Waals surface area contributed by atoms with E-state index in [-0.39, 0.29) is 17.9 Å². The lowest BCUT2D eigenvalue weighted by Crippen LogP contribution is -2.47. The van der Waals surface area contributed by atoms with Crippen LogP contribution in [-0.2, 0) is 16.1 Å². The number of rotatable bonds is 6. The van der Waals surface area contributed by atoms with Crippen LogP contribution in [0.3, 0.4) is 0 Å². The van der Waals surface area contributed by atoms with Crippen LogP contribution >= 0.6 is 0 Å². The first-order valence-corrected chi connectivity index (χ1v) is 9.14. The lowest BCUT2D eigenvalue weighted by molar-refractivity contribution is -0.114. The molecule has 27 heavy (non-hydrogen) atoms. The minimum absolute atomic E-state index is 0.0371. The molecule has 2 amide bonds. The van der Waals surface area contributed by atoms with E-state index in [2.05, 4.69) is 27.7 Å². The van der Waals surface area contributed by atoms with Gasteiger partial charge in [-0.15, -0.1) is 0 Å². The molecule has 2 aromatic carbocycles. The molecular formula is C21H25N3O3. The highest BCUT2D eigenvalue weighted by molar-refractivity contribution is 5.96. The second kappa shape index (κ2) is 9.30. The Labute approximate surface area is 159 Å². The molecule has 1 aliphatic heterocycles. The largest absolute Gasteiger partial charge is 0.374 e. The van der Waals surface area contributed by atoms with Crippen molar-refractivity contribution in [3.05, 3.63) is 65.7 Å². The van der Waals surface area contributed by atoms with Gasteiger partial charge in [-0.2, -0.15) is 0 Å². The molecule has 0 bridgehead atoms. The molecule has 6 nitrogen and oxygen atoms in total. The van der Waals surface area contributed by atoms with Crippen LogP contribution < -0.4 is 10.6 Å². The molecule has 0 spiro atoms. The summed E-state index contributed by atoms with van der Waals surface area (Å²) in [4.78, 5) is 25.9. The third-order valence-corrected chi connectivity index (χ3v) is 4.41.